The van der Waals surface area contributed by atoms with Crippen molar-refractivity contribution in [3.8, 4) is 5.82 Å². The maximum atomic E-state index is 12.7. The van der Waals surface area contributed by atoms with Gasteiger partial charge in [0.1, 0.15) is 18.2 Å². The number of amides is 1. The highest BCUT2D eigenvalue weighted by Gasteiger charge is 2.30. The third-order valence-electron chi connectivity index (χ3n) is 5.19. The Hall–Kier alpha value is -3.26. The number of aromatic nitrogens is 3. The molecule has 1 aliphatic rings. The predicted octanol–water partition coefficient (Wildman–Crippen LogP) is 3.62. The maximum Gasteiger partial charge on any atom is 0.242 e. The number of hydrogen-bond acceptors (Lipinski definition) is 5. The van der Waals surface area contributed by atoms with Crippen LogP contribution in [-0.2, 0) is 4.79 Å². The fourth-order valence-corrected chi connectivity index (χ4v) is 3.84. The molecule has 150 valence electrons. The number of halogens is 1. The lowest BCUT2D eigenvalue weighted by molar-refractivity contribution is -0.117. The molecule has 1 fully saturated rings. The van der Waals surface area contributed by atoms with Crippen molar-refractivity contribution in [3.05, 3.63) is 83.8 Å². The Labute approximate surface area is 178 Å². The normalized spacial score (nSPS) is 18.6. The number of imidazole rings is 1. The van der Waals surface area contributed by atoms with E-state index in [1.165, 1.54) is 0 Å². The van der Waals surface area contributed by atoms with Gasteiger partial charge in [-0.2, -0.15) is 0 Å². The molecule has 0 radical (unpaired) electrons. The van der Waals surface area contributed by atoms with Crippen molar-refractivity contribution >= 4 is 34.2 Å². The van der Waals surface area contributed by atoms with Gasteiger partial charge in [-0.15, -0.1) is 0 Å². The molecule has 2 atom stereocenters. The smallest absolute Gasteiger partial charge is 0.242 e. The molecule has 30 heavy (non-hydrogen) atoms. The first-order valence-electron chi connectivity index (χ1n) is 9.63. The lowest BCUT2D eigenvalue weighted by Crippen LogP contribution is -2.39. The van der Waals surface area contributed by atoms with Crippen molar-refractivity contribution in [1.82, 2.24) is 25.4 Å². The van der Waals surface area contributed by atoms with Crippen molar-refractivity contribution in [2.75, 3.05) is 5.32 Å². The van der Waals surface area contributed by atoms with Crippen LogP contribution < -0.4 is 16.2 Å². The SMILES string of the molecule is O=C(Nc1ccc(-n2cnc3ccccc32)nc1)C1CC(c2cccc(Cl)c2)NN1. The first kappa shape index (κ1) is 18.7. The zero-order chi connectivity index (χ0) is 20.5. The van der Waals surface area contributed by atoms with E-state index in [1.807, 2.05) is 65.2 Å². The van der Waals surface area contributed by atoms with Gasteiger partial charge in [0.05, 0.1) is 22.9 Å². The third kappa shape index (κ3) is 3.66. The number of carbonyl (C=O) groups is 1. The number of para-hydroxylation sites is 2. The fraction of sp³-hybridized carbons (Fsp3) is 0.136. The molecule has 1 aliphatic heterocycles. The van der Waals surface area contributed by atoms with E-state index in [4.69, 9.17) is 11.6 Å². The molecule has 1 amide bonds. The Bertz CT molecular complexity index is 1210. The Morgan fingerprint density at radius 2 is 1.97 bits per heavy atom. The van der Waals surface area contributed by atoms with Gasteiger partial charge in [-0.05, 0) is 48.4 Å². The number of pyridine rings is 1. The molecule has 0 saturated carbocycles. The minimum Gasteiger partial charge on any atom is -0.323 e. The molecule has 0 spiro atoms. The van der Waals surface area contributed by atoms with Crippen LogP contribution in [-0.4, -0.2) is 26.5 Å². The van der Waals surface area contributed by atoms with Gasteiger partial charge < -0.3 is 5.32 Å². The van der Waals surface area contributed by atoms with Crippen LogP contribution in [0, 0.1) is 0 Å². The van der Waals surface area contributed by atoms with Crippen LogP contribution in [0.4, 0.5) is 5.69 Å². The van der Waals surface area contributed by atoms with Crippen LogP contribution in [0.15, 0.2) is 73.2 Å². The summed E-state index contributed by atoms with van der Waals surface area (Å²) in [6.45, 7) is 0. The molecule has 3 heterocycles. The van der Waals surface area contributed by atoms with E-state index in [2.05, 4.69) is 26.1 Å². The average Bonchev–Trinajstić information content (AvgIpc) is 3.42. The van der Waals surface area contributed by atoms with Gasteiger partial charge in [-0.25, -0.2) is 20.8 Å². The number of hydrogen-bond donors (Lipinski definition) is 3. The topological polar surface area (TPSA) is 83.9 Å². The summed E-state index contributed by atoms with van der Waals surface area (Å²) in [5.41, 5.74) is 9.80. The lowest BCUT2D eigenvalue weighted by atomic mass is 10.0. The summed E-state index contributed by atoms with van der Waals surface area (Å²) in [5, 5.41) is 3.60. The summed E-state index contributed by atoms with van der Waals surface area (Å²) in [6, 6.07) is 18.9. The standard InChI is InChI=1S/C22H19ClN6O/c23-15-5-3-4-14(10-15)18-11-19(28-27-18)22(30)26-16-8-9-21(24-12-16)29-13-25-17-6-1-2-7-20(17)29/h1-10,12-13,18-19,27-28H,11H2,(H,26,30). The van der Waals surface area contributed by atoms with E-state index in [0.717, 1.165) is 22.4 Å². The van der Waals surface area contributed by atoms with Gasteiger partial charge in [-0.1, -0.05) is 35.9 Å². The number of hydrazine groups is 1. The van der Waals surface area contributed by atoms with Crippen molar-refractivity contribution in [1.29, 1.82) is 0 Å². The number of carbonyl (C=O) groups excluding carboxylic acids is 1. The van der Waals surface area contributed by atoms with E-state index in [1.54, 1.807) is 12.5 Å². The molecule has 4 aromatic rings. The lowest BCUT2D eigenvalue weighted by Gasteiger charge is -2.11. The van der Waals surface area contributed by atoms with Gasteiger partial charge >= 0.3 is 0 Å². The summed E-state index contributed by atoms with van der Waals surface area (Å²) < 4.78 is 1.92. The van der Waals surface area contributed by atoms with Gasteiger partial charge in [0.2, 0.25) is 5.91 Å². The number of fused-ring (bicyclic) bond motifs is 1. The molecule has 0 aliphatic carbocycles. The van der Waals surface area contributed by atoms with Crippen LogP contribution in [0.5, 0.6) is 0 Å². The monoisotopic (exact) mass is 418 g/mol. The highest BCUT2D eigenvalue weighted by Crippen LogP contribution is 2.25. The second kappa shape index (κ2) is 7.87. The predicted molar refractivity (Wildman–Crippen MR) is 116 cm³/mol. The van der Waals surface area contributed by atoms with Crippen LogP contribution in [0.3, 0.4) is 0 Å². The molecule has 5 rings (SSSR count). The van der Waals surface area contributed by atoms with Crippen molar-refractivity contribution in [3.63, 3.8) is 0 Å². The van der Waals surface area contributed by atoms with E-state index >= 15 is 0 Å². The largest absolute Gasteiger partial charge is 0.323 e. The van der Waals surface area contributed by atoms with Crippen LogP contribution in [0.25, 0.3) is 16.9 Å². The molecule has 8 heteroatoms. The van der Waals surface area contributed by atoms with Crippen LogP contribution in [0.1, 0.15) is 18.0 Å². The molecule has 2 unspecified atom stereocenters. The first-order chi connectivity index (χ1) is 14.7. The van der Waals surface area contributed by atoms with Gasteiger partial charge in [0.15, 0.2) is 0 Å². The van der Waals surface area contributed by atoms with Crippen LogP contribution in [0.2, 0.25) is 5.02 Å². The van der Waals surface area contributed by atoms with Crippen molar-refractivity contribution in [2.45, 2.75) is 18.5 Å². The fourth-order valence-electron chi connectivity index (χ4n) is 3.64. The number of benzene rings is 2. The van der Waals surface area contributed by atoms with E-state index in [-0.39, 0.29) is 18.0 Å². The highest BCUT2D eigenvalue weighted by molar-refractivity contribution is 6.30. The Kier molecular flexibility index (Phi) is 4.92. The molecule has 0 bridgehead atoms. The number of nitrogens with one attached hydrogen (secondary N) is 3. The molecule has 2 aromatic heterocycles. The summed E-state index contributed by atoms with van der Waals surface area (Å²) >= 11 is 6.07. The molecule has 1 saturated heterocycles. The summed E-state index contributed by atoms with van der Waals surface area (Å²) in [5.74, 6) is 0.623. The zero-order valence-corrected chi connectivity index (χ0v) is 16.7. The average molecular weight is 419 g/mol. The van der Waals surface area contributed by atoms with E-state index < -0.39 is 0 Å². The quantitative estimate of drug-likeness (QED) is 0.471. The summed E-state index contributed by atoms with van der Waals surface area (Å²) in [6.07, 6.45) is 4.02. The third-order valence-corrected chi connectivity index (χ3v) is 5.42. The molecule has 2 aromatic carbocycles. The van der Waals surface area contributed by atoms with Gasteiger partial charge in [0, 0.05) is 11.1 Å². The van der Waals surface area contributed by atoms with E-state index in [0.29, 0.717) is 17.1 Å². The second-order valence-electron chi connectivity index (χ2n) is 7.18. The Morgan fingerprint density at radius 1 is 1.07 bits per heavy atom. The van der Waals surface area contributed by atoms with Gasteiger partial charge in [-0.3, -0.25) is 9.36 Å². The minimum atomic E-state index is -0.355. The second-order valence-corrected chi connectivity index (χ2v) is 7.62. The Balaban J connectivity index is 1.26. The van der Waals surface area contributed by atoms with Gasteiger partial charge in [0.25, 0.3) is 0 Å². The number of anilines is 1. The highest BCUT2D eigenvalue weighted by atomic mass is 35.5. The van der Waals surface area contributed by atoms with E-state index in [9.17, 15) is 4.79 Å². The summed E-state index contributed by atoms with van der Waals surface area (Å²) in [4.78, 5) is 21.5. The van der Waals surface area contributed by atoms with Crippen molar-refractivity contribution in [2.24, 2.45) is 0 Å². The molecule has 7 nitrogen and oxygen atoms in total. The van der Waals surface area contributed by atoms with Crippen molar-refractivity contribution < 1.29 is 4.79 Å². The molecular weight excluding hydrogens is 400 g/mol. The minimum absolute atomic E-state index is 0.0227. The number of rotatable bonds is 4. The van der Waals surface area contributed by atoms with Crippen LogP contribution >= 0.6 is 11.6 Å². The Morgan fingerprint density at radius 3 is 2.80 bits per heavy atom. The maximum absolute atomic E-state index is 12.7. The zero-order valence-electron chi connectivity index (χ0n) is 15.9. The summed E-state index contributed by atoms with van der Waals surface area (Å²) in [7, 11) is 0. The first-order valence-corrected chi connectivity index (χ1v) is 10.0. The molecule has 3 N–H and O–H groups in total. The number of nitrogens with zero attached hydrogens (tertiary/aromatic N) is 3. The molecular formula is C22H19ClN6O.